The van der Waals surface area contributed by atoms with E-state index in [1.807, 2.05) is 12.4 Å². The standard InChI is InChI=1S/C14H20N2O/c1-11(2)14(9-17-10-14)16-6-4-12-3-5-15-7-13(12)8-16/h3,5,7,11H,4,6,8-10H2,1-2H3. The SMILES string of the molecule is CC(C)C1(N2CCc3ccncc3C2)COC1. The number of hydrogen-bond acceptors (Lipinski definition) is 3. The molecule has 0 spiro atoms. The van der Waals surface area contributed by atoms with Gasteiger partial charge < -0.3 is 4.74 Å². The van der Waals surface area contributed by atoms with Crippen molar-refractivity contribution in [2.24, 2.45) is 5.92 Å². The summed E-state index contributed by atoms with van der Waals surface area (Å²) in [5.74, 6) is 0.648. The molecule has 1 aromatic rings. The number of pyridine rings is 1. The minimum absolute atomic E-state index is 0.271. The maximum atomic E-state index is 5.48. The van der Waals surface area contributed by atoms with Crippen LogP contribution in [0.4, 0.5) is 0 Å². The van der Waals surface area contributed by atoms with E-state index in [9.17, 15) is 0 Å². The first-order valence-corrected chi connectivity index (χ1v) is 6.47. The van der Waals surface area contributed by atoms with E-state index >= 15 is 0 Å². The van der Waals surface area contributed by atoms with Crippen LogP contribution in [-0.2, 0) is 17.7 Å². The molecule has 1 saturated heterocycles. The molecule has 3 nitrogen and oxygen atoms in total. The number of aromatic nitrogens is 1. The number of hydrogen-bond donors (Lipinski definition) is 0. The Morgan fingerprint density at radius 3 is 2.82 bits per heavy atom. The fourth-order valence-corrected chi connectivity index (χ4v) is 2.95. The second-order valence-corrected chi connectivity index (χ2v) is 5.57. The molecule has 2 aliphatic rings. The fraction of sp³-hybridized carbons (Fsp3) is 0.643. The van der Waals surface area contributed by atoms with Gasteiger partial charge in [-0.3, -0.25) is 9.88 Å². The molecule has 3 rings (SSSR count). The Hall–Kier alpha value is -0.930. The Labute approximate surface area is 103 Å². The monoisotopic (exact) mass is 232 g/mol. The Bertz CT molecular complexity index is 412. The molecule has 3 heteroatoms. The molecule has 3 heterocycles. The van der Waals surface area contributed by atoms with Crippen LogP contribution in [0.15, 0.2) is 18.5 Å². The largest absolute Gasteiger partial charge is 0.377 e. The second kappa shape index (κ2) is 4.07. The summed E-state index contributed by atoms with van der Waals surface area (Å²) in [5.41, 5.74) is 3.13. The van der Waals surface area contributed by atoms with Crippen molar-refractivity contribution in [3.63, 3.8) is 0 Å². The van der Waals surface area contributed by atoms with Crippen LogP contribution in [0.25, 0.3) is 0 Å². The molecule has 0 aliphatic carbocycles. The quantitative estimate of drug-likeness (QED) is 0.778. The lowest BCUT2D eigenvalue weighted by molar-refractivity contribution is -0.168. The summed E-state index contributed by atoms with van der Waals surface area (Å²) in [6.45, 7) is 8.58. The lowest BCUT2D eigenvalue weighted by atomic mass is 9.81. The van der Waals surface area contributed by atoms with E-state index in [4.69, 9.17) is 4.74 Å². The molecule has 0 unspecified atom stereocenters. The van der Waals surface area contributed by atoms with Gasteiger partial charge in [0, 0.05) is 25.5 Å². The van der Waals surface area contributed by atoms with Crippen LogP contribution in [0.3, 0.4) is 0 Å². The Morgan fingerprint density at radius 2 is 2.18 bits per heavy atom. The van der Waals surface area contributed by atoms with Crippen LogP contribution >= 0.6 is 0 Å². The molecule has 17 heavy (non-hydrogen) atoms. The van der Waals surface area contributed by atoms with E-state index < -0.39 is 0 Å². The van der Waals surface area contributed by atoms with Gasteiger partial charge in [0.2, 0.25) is 0 Å². The minimum Gasteiger partial charge on any atom is -0.377 e. The lowest BCUT2D eigenvalue weighted by Gasteiger charge is -2.53. The maximum absolute atomic E-state index is 5.48. The summed E-state index contributed by atoms with van der Waals surface area (Å²) in [5, 5.41) is 0. The number of fused-ring (bicyclic) bond motifs is 1. The zero-order valence-electron chi connectivity index (χ0n) is 10.6. The molecule has 0 atom stereocenters. The average molecular weight is 232 g/mol. The molecule has 0 N–H and O–H groups in total. The highest BCUT2D eigenvalue weighted by Crippen LogP contribution is 2.36. The van der Waals surface area contributed by atoms with Gasteiger partial charge in [0.15, 0.2) is 0 Å². The van der Waals surface area contributed by atoms with Gasteiger partial charge in [0.05, 0.1) is 18.8 Å². The third kappa shape index (κ3) is 1.69. The molecule has 1 aromatic heterocycles. The molecular formula is C14H20N2O. The van der Waals surface area contributed by atoms with Crippen LogP contribution in [0.2, 0.25) is 0 Å². The van der Waals surface area contributed by atoms with E-state index in [-0.39, 0.29) is 5.54 Å². The number of rotatable bonds is 2. The van der Waals surface area contributed by atoms with Crippen molar-refractivity contribution < 1.29 is 4.74 Å². The highest BCUT2D eigenvalue weighted by Gasteiger charge is 2.47. The predicted octanol–water partition coefficient (Wildman–Crippen LogP) is 1.86. The lowest BCUT2D eigenvalue weighted by Crippen LogP contribution is -2.66. The van der Waals surface area contributed by atoms with E-state index in [2.05, 4.69) is 29.8 Å². The first-order valence-electron chi connectivity index (χ1n) is 6.47. The zero-order valence-corrected chi connectivity index (χ0v) is 10.6. The first kappa shape index (κ1) is 11.2. The van der Waals surface area contributed by atoms with E-state index in [0.29, 0.717) is 5.92 Å². The Morgan fingerprint density at radius 1 is 1.35 bits per heavy atom. The van der Waals surface area contributed by atoms with E-state index in [0.717, 1.165) is 32.7 Å². The number of ether oxygens (including phenoxy) is 1. The molecule has 0 bridgehead atoms. The molecular weight excluding hydrogens is 212 g/mol. The van der Waals surface area contributed by atoms with Crippen molar-refractivity contribution in [2.75, 3.05) is 19.8 Å². The molecule has 1 fully saturated rings. The smallest absolute Gasteiger partial charge is 0.0704 e. The Kier molecular flexibility index (Phi) is 2.68. The van der Waals surface area contributed by atoms with Crippen molar-refractivity contribution in [3.8, 4) is 0 Å². The summed E-state index contributed by atoms with van der Waals surface area (Å²) in [4.78, 5) is 6.85. The molecule has 0 saturated carbocycles. The summed E-state index contributed by atoms with van der Waals surface area (Å²) < 4.78 is 5.48. The summed E-state index contributed by atoms with van der Waals surface area (Å²) in [6.07, 6.45) is 5.07. The van der Waals surface area contributed by atoms with Crippen molar-refractivity contribution in [1.29, 1.82) is 0 Å². The van der Waals surface area contributed by atoms with Crippen molar-refractivity contribution >= 4 is 0 Å². The highest BCUT2D eigenvalue weighted by molar-refractivity contribution is 5.26. The van der Waals surface area contributed by atoms with Gasteiger partial charge in [-0.2, -0.15) is 0 Å². The van der Waals surface area contributed by atoms with E-state index in [1.165, 1.54) is 11.1 Å². The summed E-state index contributed by atoms with van der Waals surface area (Å²) in [6, 6.07) is 2.16. The van der Waals surface area contributed by atoms with Crippen LogP contribution < -0.4 is 0 Å². The van der Waals surface area contributed by atoms with Gasteiger partial charge in [-0.15, -0.1) is 0 Å². The minimum atomic E-state index is 0.271. The van der Waals surface area contributed by atoms with Crippen LogP contribution in [0.1, 0.15) is 25.0 Å². The highest BCUT2D eigenvalue weighted by atomic mass is 16.5. The predicted molar refractivity (Wildman–Crippen MR) is 66.7 cm³/mol. The van der Waals surface area contributed by atoms with Crippen LogP contribution in [-0.4, -0.2) is 35.2 Å². The van der Waals surface area contributed by atoms with Gasteiger partial charge in [-0.1, -0.05) is 13.8 Å². The second-order valence-electron chi connectivity index (χ2n) is 5.57. The third-order valence-corrected chi connectivity index (χ3v) is 4.43. The van der Waals surface area contributed by atoms with Gasteiger partial charge in [-0.25, -0.2) is 0 Å². The first-order chi connectivity index (χ1) is 8.22. The van der Waals surface area contributed by atoms with Crippen molar-refractivity contribution in [1.82, 2.24) is 9.88 Å². The molecule has 2 aliphatic heterocycles. The van der Waals surface area contributed by atoms with Gasteiger partial charge in [0.1, 0.15) is 0 Å². The fourth-order valence-electron chi connectivity index (χ4n) is 2.95. The normalized spacial score (nSPS) is 23.2. The van der Waals surface area contributed by atoms with Gasteiger partial charge in [0.25, 0.3) is 0 Å². The van der Waals surface area contributed by atoms with Crippen molar-refractivity contribution in [3.05, 3.63) is 29.6 Å². The van der Waals surface area contributed by atoms with E-state index in [1.54, 1.807) is 0 Å². The average Bonchev–Trinajstić information content (AvgIpc) is 2.27. The van der Waals surface area contributed by atoms with Crippen molar-refractivity contribution in [2.45, 2.75) is 32.4 Å². The van der Waals surface area contributed by atoms with Gasteiger partial charge >= 0.3 is 0 Å². The molecule has 0 aromatic carbocycles. The molecule has 0 amide bonds. The van der Waals surface area contributed by atoms with Gasteiger partial charge in [-0.05, 0) is 29.5 Å². The molecule has 92 valence electrons. The number of nitrogens with zero attached hydrogens (tertiary/aromatic N) is 2. The van der Waals surface area contributed by atoms with Crippen LogP contribution in [0.5, 0.6) is 0 Å². The summed E-state index contributed by atoms with van der Waals surface area (Å²) >= 11 is 0. The topological polar surface area (TPSA) is 25.4 Å². The third-order valence-electron chi connectivity index (χ3n) is 4.43. The maximum Gasteiger partial charge on any atom is 0.0704 e. The molecule has 0 radical (unpaired) electrons. The van der Waals surface area contributed by atoms with Crippen LogP contribution in [0, 0.1) is 5.92 Å². The zero-order chi connectivity index (χ0) is 11.9. The summed E-state index contributed by atoms with van der Waals surface area (Å²) in [7, 11) is 0. The Balaban J connectivity index is 1.84.